The molecule has 0 aliphatic rings. The Bertz CT molecular complexity index is 638. The highest BCUT2D eigenvalue weighted by atomic mass is 16.3. The SMILES string of the molecule is Cc1ccc(O)c(C(=O)N(C)c2ccccc2CN)c1. The zero-order chi connectivity index (χ0) is 14.7. The number of nitrogens with two attached hydrogens (primary N) is 1. The number of hydrogen-bond acceptors (Lipinski definition) is 3. The van der Waals surface area contributed by atoms with Gasteiger partial charge in [0.15, 0.2) is 0 Å². The van der Waals surface area contributed by atoms with Crippen molar-refractivity contribution in [3.63, 3.8) is 0 Å². The van der Waals surface area contributed by atoms with E-state index >= 15 is 0 Å². The van der Waals surface area contributed by atoms with Crippen LogP contribution in [0.1, 0.15) is 21.5 Å². The summed E-state index contributed by atoms with van der Waals surface area (Å²) in [7, 11) is 1.68. The predicted octanol–water partition coefficient (Wildman–Crippen LogP) is 2.44. The Morgan fingerprint density at radius 3 is 2.65 bits per heavy atom. The summed E-state index contributed by atoms with van der Waals surface area (Å²) in [6.07, 6.45) is 0. The molecule has 0 aromatic heterocycles. The van der Waals surface area contributed by atoms with Crippen molar-refractivity contribution in [1.29, 1.82) is 0 Å². The number of aryl methyl sites for hydroxylation is 1. The van der Waals surface area contributed by atoms with Crippen LogP contribution in [0.3, 0.4) is 0 Å². The van der Waals surface area contributed by atoms with Crippen LogP contribution in [0, 0.1) is 6.92 Å². The molecule has 2 aromatic rings. The highest BCUT2D eigenvalue weighted by molar-refractivity contribution is 6.07. The fraction of sp³-hybridized carbons (Fsp3) is 0.188. The van der Waals surface area contributed by atoms with Gasteiger partial charge < -0.3 is 15.7 Å². The van der Waals surface area contributed by atoms with Crippen molar-refractivity contribution in [2.45, 2.75) is 13.5 Å². The average Bonchev–Trinajstić information content (AvgIpc) is 2.48. The van der Waals surface area contributed by atoms with Crippen molar-refractivity contribution in [3.05, 3.63) is 59.2 Å². The second kappa shape index (κ2) is 5.75. The molecule has 0 spiro atoms. The number of hydrogen-bond donors (Lipinski definition) is 2. The largest absolute Gasteiger partial charge is 0.507 e. The zero-order valence-electron chi connectivity index (χ0n) is 11.6. The van der Waals surface area contributed by atoms with Gasteiger partial charge in [0.25, 0.3) is 5.91 Å². The maximum Gasteiger partial charge on any atom is 0.261 e. The third-order valence-corrected chi connectivity index (χ3v) is 3.26. The van der Waals surface area contributed by atoms with Crippen molar-refractivity contribution in [1.82, 2.24) is 0 Å². The molecule has 4 heteroatoms. The van der Waals surface area contributed by atoms with Crippen LogP contribution in [0.5, 0.6) is 5.75 Å². The minimum absolute atomic E-state index is 0.0160. The van der Waals surface area contributed by atoms with Crippen LogP contribution in [-0.4, -0.2) is 18.1 Å². The Morgan fingerprint density at radius 2 is 1.95 bits per heavy atom. The third kappa shape index (κ3) is 2.65. The molecule has 4 nitrogen and oxygen atoms in total. The second-order valence-corrected chi connectivity index (χ2v) is 4.72. The summed E-state index contributed by atoms with van der Waals surface area (Å²) in [6, 6.07) is 12.4. The van der Waals surface area contributed by atoms with Gasteiger partial charge in [0, 0.05) is 19.3 Å². The van der Waals surface area contributed by atoms with Gasteiger partial charge in [-0.3, -0.25) is 4.79 Å². The molecule has 0 unspecified atom stereocenters. The van der Waals surface area contributed by atoms with Crippen LogP contribution in [-0.2, 0) is 6.54 Å². The number of carbonyl (C=O) groups is 1. The number of nitrogens with zero attached hydrogens (tertiary/aromatic N) is 1. The standard InChI is InChI=1S/C16H18N2O2/c1-11-7-8-15(19)13(9-11)16(20)18(2)14-6-4-3-5-12(14)10-17/h3-9,19H,10,17H2,1-2H3. The maximum atomic E-state index is 12.5. The van der Waals surface area contributed by atoms with Gasteiger partial charge in [0.1, 0.15) is 5.75 Å². The number of amides is 1. The highest BCUT2D eigenvalue weighted by Gasteiger charge is 2.18. The van der Waals surface area contributed by atoms with E-state index in [0.29, 0.717) is 12.1 Å². The van der Waals surface area contributed by atoms with E-state index in [9.17, 15) is 9.90 Å². The number of benzene rings is 2. The predicted molar refractivity (Wildman–Crippen MR) is 79.9 cm³/mol. The molecular weight excluding hydrogens is 252 g/mol. The Kier molecular flexibility index (Phi) is 4.05. The number of phenols is 1. The Balaban J connectivity index is 2.40. The number of phenolic OH excluding ortho intramolecular Hbond substituents is 1. The summed E-state index contributed by atoms with van der Waals surface area (Å²) >= 11 is 0. The van der Waals surface area contributed by atoms with Crippen LogP contribution in [0.15, 0.2) is 42.5 Å². The molecular formula is C16H18N2O2. The maximum absolute atomic E-state index is 12.5. The van der Waals surface area contributed by atoms with E-state index in [1.807, 2.05) is 31.2 Å². The van der Waals surface area contributed by atoms with Crippen LogP contribution in [0.4, 0.5) is 5.69 Å². The van der Waals surface area contributed by atoms with E-state index in [2.05, 4.69) is 0 Å². The molecule has 2 aromatic carbocycles. The minimum atomic E-state index is -0.257. The molecule has 2 rings (SSSR count). The molecule has 0 atom stereocenters. The van der Waals surface area contributed by atoms with Gasteiger partial charge in [0.05, 0.1) is 5.56 Å². The molecule has 0 aliphatic heterocycles. The van der Waals surface area contributed by atoms with Crippen LogP contribution in [0.25, 0.3) is 0 Å². The Labute approximate surface area is 118 Å². The summed E-state index contributed by atoms with van der Waals surface area (Å²) in [4.78, 5) is 14.0. The summed E-state index contributed by atoms with van der Waals surface area (Å²) in [5, 5.41) is 9.86. The lowest BCUT2D eigenvalue weighted by atomic mass is 10.1. The number of aromatic hydroxyl groups is 1. The quantitative estimate of drug-likeness (QED) is 0.900. The van der Waals surface area contributed by atoms with E-state index < -0.39 is 0 Å². The molecule has 0 heterocycles. The van der Waals surface area contributed by atoms with Gasteiger partial charge in [-0.05, 0) is 30.7 Å². The minimum Gasteiger partial charge on any atom is -0.507 e. The molecule has 0 saturated heterocycles. The number of anilines is 1. The molecule has 1 amide bonds. The van der Waals surface area contributed by atoms with Crippen molar-refractivity contribution in [3.8, 4) is 5.75 Å². The normalized spacial score (nSPS) is 10.3. The first-order chi connectivity index (χ1) is 9.54. The molecule has 3 N–H and O–H groups in total. The van der Waals surface area contributed by atoms with E-state index in [4.69, 9.17) is 5.73 Å². The molecule has 0 aliphatic carbocycles. The van der Waals surface area contributed by atoms with E-state index in [1.165, 1.54) is 11.0 Å². The lowest BCUT2D eigenvalue weighted by Gasteiger charge is -2.21. The van der Waals surface area contributed by atoms with Crippen LogP contribution < -0.4 is 10.6 Å². The van der Waals surface area contributed by atoms with E-state index in [0.717, 1.165) is 16.8 Å². The van der Waals surface area contributed by atoms with Crippen LogP contribution in [0.2, 0.25) is 0 Å². The van der Waals surface area contributed by atoms with Gasteiger partial charge in [-0.25, -0.2) is 0 Å². The van der Waals surface area contributed by atoms with E-state index in [-0.39, 0.29) is 11.7 Å². The lowest BCUT2D eigenvalue weighted by molar-refractivity contribution is 0.0990. The van der Waals surface area contributed by atoms with Gasteiger partial charge in [-0.1, -0.05) is 29.8 Å². The van der Waals surface area contributed by atoms with Gasteiger partial charge in [0.2, 0.25) is 0 Å². The fourth-order valence-corrected chi connectivity index (χ4v) is 2.12. The molecule has 104 valence electrons. The van der Waals surface area contributed by atoms with E-state index in [1.54, 1.807) is 19.2 Å². The first kappa shape index (κ1) is 14.1. The Hall–Kier alpha value is -2.33. The van der Waals surface area contributed by atoms with Crippen LogP contribution >= 0.6 is 0 Å². The highest BCUT2D eigenvalue weighted by Crippen LogP contribution is 2.24. The van der Waals surface area contributed by atoms with Crippen molar-refractivity contribution >= 4 is 11.6 Å². The summed E-state index contributed by atoms with van der Waals surface area (Å²) in [5.74, 6) is -0.273. The molecule has 0 radical (unpaired) electrons. The molecule has 0 fully saturated rings. The first-order valence-electron chi connectivity index (χ1n) is 6.40. The molecule has 0 bridgehead atoms. The monoisotopic (exact) mass is 270 g/mol. The number of carbonyl (C=O) groups excluding carboxylic acids is 1. The topological polar surface area (TPSA) is 66.6 Å². The molecule has 0 saturated carbocycles. The van der Waals surface area contributed by atoms with Gasteiger partial charge in [-0.2, -0.15) is 0 Å². The third-order valence-electron chi connectivity index (χ3n) is 3.26. The Morgan fingerprint density at radius 1 is 1.25 bits per heavy atom. The average molecular weight is 270 g/mol. The van der Waals surface area contributed by atoms with Crippen molar-refractivity contribution in [2.24, 2.45) is 5.73 Å². The van der Waals surface area contributed by atoms with Crippen molar-refractivity contribution in [2.75, 3.05) is 11.9 Å². The summed E-state index contributed by atoms with van der Waals surface area (Å²) in [5.41, 5.74) is 8.54. The lowest BCUT2D eigenvalue weighted by Crippen LogP contribution is -2.27. The summed E-state index contributed by atoms with van der Waals surface area (Å²) in [6.45, 7) is 2.23. The van der Waals surface area contributed by atoms with Gasteiger partial charge in [-0.15, -0.1) is 0 Å². The molecule has 20 heavy (non-hydrogen) atoms. The number of para-hydroxylation sites is 1. The fourth-order valence-electron chi connectivity index (χ4n) is 2.12. The van der Waals surface area contributed by atoms with Crippen molar-refractivity contribution < 1.29 is 9.90 Å². The summed E-state index contributed by atoms with van der Waals surface area (Å²) < 4.78 is 0. The zero-order valence-corrected chi connectivity index (χ0v) is 11.6. The smallest absolute Gasteiger partial charge is 0.261 e. The second-order valence-electron chi connectivity index (χ2n) is 4.72. The van der Waals surface area contributed by atoms with Gasteiger partial charge >= 0.3 is 0 Å². The number of rotatable bonds is 3. The first-order valence-corrected chi connectivity index (χ1v) is 6.40.